The monoisotopic (exact) mass is 562 g/mol. The van der Waals surface area contributed by atoms with Gasteiger partial charge < -0.3 is 20.0 Å². The number of anilines is 3. The number of pyridine rings is 1. The first kappa shape index (κ1) is 27.9. The third kappa shape index (κ3) is 6.08. The molecule has 2 aromatic carbocycles. The number of hydrogen-bond donors (Lipinski definition) is 2. The molecule has 2 aromatic heterocycles. The quantitative estimate of drug-likeness (QED) is 0.236. The maximum absolute atomic E-state index is 13.6. The van der Waals surface area contributed by atoms with Crippen LogP contribution >= 0.6 is 0 Å². The number of nitrogens with one attached hydrogen (secondary N) is 2. The zero-order chi connectivity index (χ0) is 29.0. The van der Waals surface area contributed by atoms with E-state index in [0.29, 0.717) is 18.8 Å². The summed E-state index contributed by atoms with van der Waals surface area (Å²) in [4.78, 5) is 19.1. The summed E-state index contributed by atoms with van der Waals surface area (Å²) in [6.07, 6.45) is -0.564. The van der Waals surface area contributed by atoms with Gasteiger partial charge in [0.25, 0.3) is 11.8 Å². The second kappa shape index (κ2) is 11.8. The van der Waals surface area contributed by atoms with Crippen LogP contribution < -0.4 is 15.5 Å². The molecule has 1 unspecified atom stereocenters. The van der Waals surface area contributed by atoms with Gasteiger partial charge in [-0.15, -0.1) is 5.10 Å². The van der Waals surface area contributed by atoms with E-state index in [0.717, 1.165) is 41.8 Å². The first-order valence-electron chi connectivity index (χ1n) is 13.4. The van der Waals surface area contributed by atoms with Gasteiger partial charge in [-0.05, 0) is 42.2 Å². The summed E-state index contributed by atoms with van der Waals surface area (Å²) >= 11 is 0. The summed E-state index contributed by atoms with van der Waals surface area (Å²) in [6.45, 7) is 4.95. The molecule has 2 N–H and O–H groups in total. The highest BCUT2D eigenvalue weighted by Gasteiger charge is 2.33. The minimum absolute atomic E-state index is 0.0574. The van der Waals surface area contributed by atoms with E-state index < -0.39 is 17.8 Å². The highest BCUT2D eigenvalue weighted by molar-refractivity contribution is 6.05. The van der Waals surface area contributed by atoms with E-state index in [9.17, 15) is 18.0 Å². The number of nitrogens with zero attached hydrogens (tertiary/aromatic N) is 4. The average molecular weight is 563 g/mol. The standard InChI is InChI=1S/C30H29F3N6O2/c1-3-14-39(15-4-2)25-16-20(30(31,32)33)18-34-26(25)28-37-38-29(41-28)36-24-17-22(19-10-6-5-7-11-19)21-12-8-9-13-23(21)35-27(24)40/h5-13,16-18,24H,3-4,14-15H2,1-2H3,(H,35,40)(H,36,38). The molecule has 1 amide bonds. The third-order valence-electron chi connectivity index (χ3n) is 6.60. The molecule has 3 heterocycles. The van der Waals surface area contributed by atoms with Crippen molar-refractivity contribution in [1.82, 2.24) is 15.2 Å². The maximum atomic E-state index is 13.6. The predicted octanol–water partition coefficient (Wildman–Crippen LogP) is 6.64. The van der Waals surface area contributed by atoms with E-state index in [2.05, 4.69) is 25.8 Å². The molecule has 1 aliphatic rings. The second-order valence-corrected chi connectivity index (χ2v) is 9.59. The number of amides is 1. The Morgan fingerprint density at radius 2 is 1.71 bits per heavy atom. The van der Waals surface area contributed by atoms with Crippen LogP contribution in [0.5, 0.6) is 0 Å². The van der Waals surface area contributed by atoms with Crippen LogP contribution in [0.3, 0.4) is 0 Å². The zero-order valence-electron chi connectivity index (χ0n) is 22.6. The number of rotatable bonds is 9. The van der Waals surface area contributed by atoms with E-state index in [-0.39, 0.29) is 29.2 Å². The van der Waals surface area contributed by atoms with E-state index in [1.165, 1.54) is 0 Å². The molecule has 0 fully saturated rings. The number of benzene rings is 2. The van der Waals surface area contributed by atoms with Crippen LogP contribution in [0.4, 0.5) is 30.6 Å². The molecule has 0 saturated heterocycles. The topological polar surface area (TPSA) is 96.2 Å². The minimum atomic E-state index is -4.56. The van der Waals surface area contributed by atoms with Gasteiger partial charge in [0, 0.05) is 30.5 Å². The van der Waals surface area contributed by atoms with Gasteiger partial charge in [-0.1, -0.05) is 67.5 Å². The second-order valence-electron chi connectivity index (χ2n) is 9.59. The first-order valence-corrected chi connectivity index (χ1v) is 13.4. The fraction of sp³-hybridized carbons (Fsp3) is 0.267. The van der Waals surface area contributed by atoms with Crippen LogP contribution in [0.25, 0.3) is 17.2 Å². The number of carbonyl (C=O) groups is 1. The Morgan fingerprint density at radius 3 is 2.41 bits per heavy atom. The smallest absolute Gasteiger partial charge is 0.402 e. The lowest BCUT2D eigenvalue weighted by atomic mass is 9.96. The van der Waals surface area contributed by atoms with Crippen molar-refractivity contribution in [3.8, 4) is 11.6 Å². The number of para-hydroxylation sites is 1. The first-order chi connectivity index (χ1) is 19.8. The number of hydrogen-bond acceptors (Lipinski definition) is 7. The summed E-state index contributed by atoms with van der Waals surface area (Å²) in [5.41, 5.74) is 2.80. The van der Waals surface area contributed by atoms with Gasteiger partial charge in [0.1, 0.15) is 6.04 Å². The number of alkyl halides is 3. The van der Waals surface area contributed by atoms with Gasteiger partial charge in [-0.25, -0.2) is 4.98 Å². The lowest BCUT2D eigenvalue weighted by molar-refractivity contribution is -0.137. The van der Waals surface area contributed by atoms with Crippen LogP contribution in [0.2, 0.25) is 0 Å². The third-order valence-corrected chi connectivity index (χ3v) is 6.60. The van der Waals surface area contributed by atoms with E-state index in [1.54, 1.807) is 6.08 Å². The fourth-order valence-electron chi connectivity index (χ4n) is 4.76. The minimum Gasteiger partial charge on any atom is -0.402 e. The molecular formula is C30H29F3N6O2. The molecule has 0 aliphatic carbocycles. The van der Waals surface area contributed by atoms with Crippen LogP contribution in [0.1, 0.15) is 43.4 Å². The van der Waals surface area contributed by atoms with Gasteiger partial charge >= 0.3 is 12.2 Å². The molecule has 11 heteroatoms. The lowest BCUT2D eigenvalue weighted by Gasteiger charge is -2.25. The molecule has 0 radical (unpaired) electrons. The van der Waals surface area contributed by atoms with Gasteiger partial charge in [0.2, 0.25) is 0 Å². The SMILES string of the molecule is CCCN(CCC)c1cc(C(F)(F)F)cnc1-c1nnc(NC2C=C(c3ccccc3)c3ccccc3NC2=O)o1. The Morgan fingerprint density at radius 1 is 1.00 bits per heavy atom. The molecule has 4 aromatic rings. The predicted molar refractivity (Wildman–Crippen MR) is 151 cm³/mol. The van der Waals surface area contributed by atoms with Gasteiger partial charge in [0.05, 0.1) is 11.3 Å². The number of aromatic nitrogens is 3. The Kier molecular flexibility index (Phi) is 8.04. The highest BCUT2D eigenvalue weighted by atomic mass is 19.4. The van der Waals surface area contributed by atoms with Crippen molar-refractivity contribution >= 4 is 28.9 Å². The molecule has 0 spiro atoms. The Hall–Kier alpha value is -4.67. The van der Waals surface area contributed by atoms with Crippen molar-refractivity contribution < 1.29 is 22.4 Å². The molecule has 5 rings (SSSR count). The van der Waals surface area contributed by atoms with Crippen molar-refractivity contribution in [2.75, 3.05) is 28.6 Å². The molecule has 0 bridgehead atoms. The molecule has 8 nitrogen and oxygen atoms in total. The summed E-state index contributed by atoms with van der Waals surface area (Å²) in [5.74, 6) is -0.397. The van der Waals surface area contributed by atoms with Gasteiger partial charge in [-0.3, -0.25) is 4.79 Å². The van der Waals surface area contributed by atoms with Gasteiger partial charge in [0.15, 0.2) is 5.69 Å². The maximum Gasteiger partial charge on any atom is 0.417 e. The van der Waals surface area contributed by atoms with Gasteiger partial charge in [-0.2, -0.15) is 13.2 Å². The molecule has 1 atom stereocenters. The van der Waals surface area contributed by atoms with Crippen LogP contribution in [0.15, 0.2) is 77.4 Å². The Labute approximate surface area is 235 Å². The molecule has 41 heavy (non-hydrogen) atoms. The van der Waals surface area contributed by atoms with Crippen molar-refractivity contribution in [3.63, 3.8) is 0 Å². The van der Waals surface area contributed by atoms with Crippen molar-refractivity contribution in [2.45, 2.75) is 38.9 Å². The molecule has 0 saturated carbocycles. The van der Waals surface area contributed by atoms with Crippen molar-refractivity contribution in [3.05, 3.63) is 89.6 Å². The Balaban J connectivity index is 1.50. The Bertz CT molecular complexity index is 1550. The van der Waals surface area contributed by atoms with E-state index in [4.69, 9.17) is 4.42 Å². The number of fused-ring (bicyclic) bond motifs is 1. The molecular weight excluding hydrogens is 533 g/mol. The highest BCUT2D eigenvalue weighted by Crippen LogP contribution is 2.37. The van der Waals surface area contributed by atoms with Crippen LogP contribution in [0, 0.1) is 0 Å². The fourth-order valence-corrected chi connectivity index (χ4v) is 4.76. The summed E-state index contributed by atoms with van der Waals surface area (Å²) < 4.78 is 46.5. The van der Waals surface area contributed by atoms with Crippen molar-refractivity contribution in [2.24, 2.45) is 0 Å². The average Bonchev–Trinajstić information content (AvgIpc) is 3.38. The molecule has 212 valence electrons. The normalized spacial score (nSPS) is 15.0. The number of carbonyl (C=O) groups excluding carboxylic acids is 1. The summed E-state index contributed by atoms with van der Waals surface area (Å²) in [7, 11) is 0. The van der Waals surface area contributed by atoms with Crippen LogP contribution in [-0.2, 0) is 11.0 Å². The van der Waals surface area contributed by atoms with E-state index in [1.807, 2.05) is 73.3 Å². The summed E-state index contributed by atoms with van der Waals surface area (Å²) in [5, 5.41) is 14.0. The lowest BCUT2D eigenvalue weighted by Crippen LogP contribution is -2.32. The summed E-state index contributed by atoms with van der Waals surface area (Å²) in [6, 6.07) is 17.3. The molecule has 1 aliphatic heterocycles. The van der Waals surface area contributed by atoms with Crippen LogP contribution in [-0.4, -0.2) is 40.2 Å². The largest absolute Gasteiger partial charge is 0.417 e. The van der Waals surface area contributed by atoms with E-state index >= 15 is 0 Å². The van der Waals surface area contributed by atoms with Crippen molar-refractivity contribution in [1.29, 1.82) is 0 Å². The zero-order valence-corrected chi connectivity index (χ0v) is 22.6. The number of halogens is 3.